The molecule has 2 heteroatoms. The minimum Gasteiger partial charge on any atom is -0.314 e. The third-order valence-electron chi connectivity index (χ3n) is 3.92. The molecular weight excluding hydrogens is 232 g/mol. The van der Waals surface area contributed by atoms with Crippen LogP contribution in [-0.4, -0.2) is 31.1 Å². The van der Waals surface area contributed by atoms with Crippen LogP contribution in [0.3, 0.4) is 0 Å². The first-order chi connectivity index (χ1) is 9.08. The summed E-state index contributed by atoms with van der Waals surface area (Å²) >= 11 is 0. The van der Waals surface area contributed by atoms with Crippen molar-refractivity contribution in [2.45, 2.75) is 33.2 Å². The average Bonchev–Trinajstić information content (AvgIpc) is 2.37. The average molecular weight is 258 g/mol. The van der Waals surface area contributed by atoms with Gasteiger partial charge in [0.25, 0.3) is 0 Å². The lowest BCUT2D eigenvalue weighted by Crippen LogP contribution is -2.45. The highest BCUT2D eigenvalue weighted by Gasteiger charge is 2.23. The summed E-state index contributed by atoms with van der Waals surface area (Å²) in [6.45, 7) is 15.1. The highest BCUT2D eigenvalue weighted by Crippen LogP contribution is 2.30. The summed E-state index contributed by atoms with van der Waals surface area (Å²) in [5.74, 6) is 0. The molecule has 0 saturated carbocycles. The molecule has 0 aromatic heterocycles. The molecule has 1 fully saturated rings. The molecule has 1 aromatic carbocycles. The maximum absolute atomic E-state index is 4.12. The van der Waals surface area contributed by atoms with E-state index in [0.717, 1.165) is 32.6 Å². The Morgan fingerprint density at radius 1 is 1.32 bits per heavy atom. The molecule has 0 radical (unpaired) electrons. The van der Waals surface area contributed by atoms with Gasteiger partial charge >= 0.3 is 0 Å². The van der Waals surface area contributed by atoms with E-state index in [1.807, 2.05) is 0 Å². The van der Waals surface area contributed by atoms with Gasteiger partial charge < -0.3 is 5.32 Å². The Morgan fingerprint density at radius 3 is 2.58 bits per heavy atom. The second-order valence-corrected chi connectivity index (χ2v) is 5.82. The molecule has 19 heavy (non-hydrogen) atoms. The second-order valence-electron chi connectivity index (χ2n) is 5.82. The summed E-state index contributed by atoms with van der Waals surface area (Å²) in [5.41, 5.74) is 5.49. The summed E-state index contributed by atoms with van der Waals surface area (Å²) in [4.78, 5) is 2.60. The summed E-state index contributed by atoms with van der Waals surface area (Å²) in [7, 11) is 0. The highest BCUT2D eigenvalue weighted by molar-refractivity contribution is 5.33. The Morgan fingerprint density at radius 2 is 2.00 bits per heavy atom. The smallest absolute Gasteiger partial charge is 0.0388 e. The number of nitrogens with zero attached hydrogens (tertiary/aromatic N) is 1. The molecule has 1 aliphatic heterocycles. The Bertz CT molecular complexity index is 445. The van der Waals surface area contributed by atoms with Crippen LogP contribution in [0.15, 0.2) is 30.4 Å². The molecule has 0 bridgehead atoms. The van der Waals surface area contributed by atoms with Crippen LogP contribution in [0.4, 0.5) is 0 Å². The molecule has 1 aromatic rings. The van der Waals surface area contributed by atoms with Gasteiger partial charge in [-0.05, 0) is 38.3 Å². The fraction of sp³-hybridized carbons (Fsp3) is 0.529. The number of rotatable bonds is 4. The van der Waals surface area contributed by atoms with Crippen molar-refractivity contribution in [3.8, 4) is 0 Å². The highest BCUT2D eigenvalue weighted by atomic mass is 15.2. The molecular formula is C17H26N2. The third-order valence-corrected chi connectivity index (χ3v) is 3.92. The lowest BCUT2D eigenvalue weighted by Gasteiger charge is -2.36. The van der Waals surface area contributed by atoms with Gasteiger partial charge in [-0.1, -0.05) is 29.3 Å². The Hall–Kier alpha value is -1.12. The monoisotopic (exact) mass is 258 g/mol. The van der Waals surface area contributed by atoms with Crippen LogP contribution in [-0.2, 0) is 0 Å². The first-order valence-electron chi connectivity index (χ1n) is 7.24. The molecule has 0 amide bonds. The van der Waals surface area contributed by atoms with Crippen molar-refractivity contribution in [1.29, 1.82) is 0 Å². The van der Waals surface area contributed by atoms with E-state index >= 15 is 0 Å². The second kappa shape index (κ2) is 6.36. The molecule has 104 valence electrons. The summed E-state index contributed by atoms with van der Waals surface area (Å²) < 4.78 is 0. The van der Waals surface area contributed by atoms with Crippen LogP contribution >= 0.6 is 0 Å². The summed E-state index contributed by atoms with van der Waals surface area (Å²) in [6.07, 6.45) is 1.06. The maximum Gasteiger partial charge on any atom is 0.0388 e. The molecule has 0 spiro atoms. The Kier molecular flexibility index (Phi) is 4.78. The predicted molar refractivity (Wildman–Crippen MR) is 82.5 cm³/mol. The Labute approximate surface area is 117 Å². The van der Waals surface area contributed by atoms with Gasteiger partial charge in [-0.2, -0.15) is 0 Å². The van der Waals surface area contributed by atoms with Crippen LogP contribution < -0.4 is 5.32 Å². The first kappa shape index (κ1) is 14.3. The van der Waals surface area contributed by atoms with Crippen molar-refractivity contribution in [1.82, 2.24) is 10.2 Å². The zero-order valence-corrected chi connectivity index (χ0v) is 12.5. The summed E-state index contributed by atoms with van der Waals surface area (Å²) in [5, 5.41) is 3.43. The van der Waals surface area contributed by atoms with E-state index in [2.05, 4.69) is 55.8 Å². The van der Waals surface area contributed by atoms with Crippen molar-refractivity contribution >= 4 is 0 Å². The quantitative estimate of drug-likeness (QED) is 0.834. The number of benzene rings is 1. The van der Waals surface area contributed by atoms with E-state index in [9.17, 15) is 0 Å². The number of piperazine rings is 1. The van der Waals surface area contributed by atoms with Crippen LogP contribution in [0.25, 0.3) is 0 Å². The number of hydrogen-bond acceptors (Lipinski definition) is 2. The molecule has 1 aliphatic rings. The van der Waals surface area contributed by atoms with Gasteiger partial charge in [0, 0.05) is 32.2 Å². The van der Waals surface area contributed by atoms with Gasteiger partial charge in [0.2, 0.25) is 0 Å². The Balaban J connectivity index is 2.27. The topological polar surface area (TPSA) is 15.3 Å². The fourth-order valence-corrected chi connectivity index (χ4v) is 2.96. The minimum absolute atomic E-state index is 0.486. The van der Waals surface area contributed by atoms with E-state index < -0.39 is 0 Å². The zero-order chi connectivity index (χ0) is 13.8. The van der Waals surface area contributed by atoms with Crippen molar-refractivity contribution in [2.24, 2.45) is 0 Å². The molecule has 0 unspecified atom stereocenters. The van der Waals surface area contributed by atoms with Crippen LogP contribution in [0, 0.1) is 13.8 Å². The lowest BCUT2D eigenvalue weighted by molar-refractivity contribution is 0.172. The van der Waals surface area contributed by atoms with Crippen molar-refractivity contribution in [2.75, 3.05) is 26.2 Å². The van der Waals surface area contributed by atoms with E-state index in [0.29, 0.717) is 6.04 Å². The molecule has 1 heterocycles. The van der Waals surface area contributed by atoms with Gasteiger partial charge in [-0.3, -0.25) is 4.90 Å². The lowest BCUT2D eigenvalue weighted by atomic mass is 9.93. The zero-order valence-electron chi connectivity index (χ0n) is 12.5. The van der Waals surface area contributed by atoms with Gasteiger partial charge in [0.05, 0.1) is 0 Å². The number of nitrogens with one attached hydrogen (secondary N) is 1. The van der Waals surface area contributed by atoms with Crippen LogP contribution in [0.2, 0.25) is 0 Å². The first-order valence-corrected chi connectivity index (χ1v) is 7.24. The van der Waals surface area contributed by atoms with E-state index in [1.165, 1.54) is 22.3 Å². The number of hydrogen-bond donors (Lipinski definition) is 1. The summed E-state index contributed by atoms with van der Waals surface area (Å²) in [6, 6.07) is 7.32. The molecule has 0 aliphatic carbocycles. The predicted octanol–water partition coefficient (Wildman–Crippen LogP) is 3.22. The molecule has 2 rings (SSSR count). The molecule has 1 N–H and O–H groups in total. The molecule has 1 atom stereocenters. The van der Waals surface area contributed by atoms with Crippen LogP contribution in [0.5, 0.6) is 0 Å². The van der Waals surface area contributed by atoms with E-state index in [1.54, 1.807) is 0 Å². The van der Waals surface area contributed by atoms with Gasteiger partial charge in [-0.25, -0.2) is 0 Å². The molecule has 2 nitrogen and oxygen atoms in total. The fourth-order valence-electron chi connectivity index (χ4n) is 2.96. The minimum atomic E-state index is 0.486. The van der Waals surface area contributed by atoms with Crippen molar-refractivity contribution < 1.29 is 0 Å². The van der Waals surface area contributed by atoms with Crippen LogP contribution in [0.1, 0.15) is 36.1 Å². The van der Waals surface area contributed by atoms with E-state index in [4.69, 9.17) is 0 Å². The van der Waals surface area contributed by atoms with Gasteiger partial charge in [0.15, 0.2) is 0 Å². The van der Waals surface area contributed by atoms with Crippen molar-refractivity contribution in [3.05, 3.63) is 47.0 Å². The third kappa shape index (κ3) is 3.68. The van der Waals surface area contributed by atoms with Gasteiger partial charge in [-0.15, -0.1) is 6.58 Å². The largest absolute Gasteiger partial charge is 0.314 e. The molecule has 1 saturated heterocycles. The van der Waals surface area contributed by atoms with Gasteiger partial charge in [0.1, 0.15) is 0 Å². The van der Waals surface area contributed by atoms with Crippen molar-refractivity contribution in [3.63, 3.8) is 0 Å². The van der Waals surface area contributed by atoms with E-state index in [-0.39, 0.29) is 0 Å². The SMILES string of the molecule is C=C(C)C[C@@H](c1ccc(C)cc1C)N1CCNCC1. The standard InChI is InChI=1S/C17H26N2/c1-13(2)11-17(19-9-7-18-8-10-19)16-6-5-14(3)12-15(16)4/h5-6,12,17-18H,1,7-11H2,2-4H3/t17-/m0/s1. The maximum atomic E-state index is 4.12. The normalized spacial score (nSPS) is 18.3. The number of aryl methyl sites for hydroxylation is 2.